The smallest absolute Gasteiger partial charge is 0.259 e. The SMILES string of the molecule is COOCc1cc2oc(C=O)c(-c3ccc(NC(=O)c4ccccc4F)nc3)c2s1. The van der Waals surface area contributed by atoms with E-state index in [-0.39, 0.29) is 23.7 Å². The van der Waals surface area contributed by atoms with Gasteiger partial charge in [-0.2, -0.15) is 0 Å². The maximum Gasteiger partial charge on any atom is 0.259 e. The largest absolute Gasteiger partial charge is 0.452 e. The Morgan fingerprint density at radius 3 is 2.83 bits per heavy atom. The number of hydrogen-bond acceptors (Lipinski definition) is 7. The van der Waals surface area contributed by atoms with Crippen molar-refractivity contribution >= 4 is 39.6 Å². The van der Waals surface area contributed by atoms with Gasteiger partial charge in [-0.3, -0.25) is 9.59 Å². The number of nitrogens with one attached hydrogen (secondary N) is 1. The molecule has 9 heteroatoms. The lowest BCUT2D eigenvalue weighted by Gasteiger charge is -2.06. The number of carbonyl (C=O) groups is 2. The van der Waals surface area contributed by atoms with Crippen molar-refractivity contribution in [1.29, 1.82) is 0 Å². The average Bonchev–Trinajstić information content (AvgIpc) is 3.30. The first-order chi connectivity index (χ1) is 14.6. The monoisotopic (exact) mass is 426 g/mol. The summed E-state index contributed by atoms with van der Waals surface area (Å²) in [5, 5.41) is 2.55. The predicted molar refractivity (Wildman–Crippen MR) is 109 cm³/mol. The second kappa shape index (κ2) is 8.54. The highest BCUT2D eigenvalue weighted by molar-refractivity contribution is 7.19. The molecule has 1 N–H and O–H groups in total. The van der Waals surface area contributed by atoms with Gasteiger partial charge in [0.15, 0.2) is 12.0 Å². The van der Waals surface area contributed by atoms with Crippen LogP contribution in [0.25, 0.3) is 21.4 Å². The molecule has 1 aromatic carbocycles. The minimum atomic E-state index is -0.617. The first-order valence-corrected chi connectivity index (χ1v) is 9.60. The fourth-order valence-electron chi connectivity index (χ4n) is 2.94. The zero-order valence-electron chi connectivity index (χ0n) is 15.7. The summed E-state index contributed by atoms with van der Waals surface area (Å²) >= 11 is 1.41. The summed E-state index contributed by atoms with van der Waals surface area (Å²) in [5.74, 6) is -0.789. The number of thiophene rings is 1. The van der Waals surface area contributed by atoms with Crippen molar-refractivity contribution in [2.75, 3.05) is 12.4 Å². The summed E-state index contributed by atoms with van der Waals surface area (Å²) in [6.45, 7) is 0.250. The zero-order valence-corrected chi connectivity index (χ0v) is 16.5. The molecule has 4 rings (SSSR count). The number of carbonyl (C=O) groups excluding carboxylic acids is 2. The standard InChI is InChI=1S/C21H15FN2O5S/c1-27-28-11-13-8-16-20(30-13)19(17(10-25)29-16)12-6-7-18(23-9-12)24-21(26)14-4-2-3-5-15(14)22/h2-10H,11H2,1H3,(H,23,24,26). The number of halogens is 1. The Morgan fingerprint density at radius 2 is 2.13 bits per heavy atom. The lowest BCUT2D eigenvalue weighted by molar-refractivity contribution is -0.281. The van der Waals surface area contributed by atoms with Gasteiger partial charge < -0.3 is 9.73 Å². The summed E-state index contributed by atoms with van der Waals surface area (Å²) in [4.78, 5) is 38.4. The highest BCUT2D eigenvalue weighted by Gasteiger charge is 2.19. The fourth-order valence-corrected chi connectivity index (χ4v) is 4.00. The van der Waals surface area contributed by atoms with Crippen molar-refractivity contribution in [3.8, 4) is 11.1 Å². The van der Waals surface area contributed by atoms with Crippen LogP contribution in [-0.4, -0.2) is 24.3 Å². The Morgan fingerprint density at radius 1 is 1.30 bits per heavy atom. The van der Waals surface area contributed by atoms with E-state index in [2.05, 4.69) is 15.2 Å². The molecule has 7 nitrogen and oxygen atoms in total. The van der Waals surface area contributed by atoms with Crippen LogP contribution in [0.2, 0.25) is 0 Å². The molecule has 1 amide bonds. The van der Waals surface area contributed by atoms with Crippen LogP contribution >= 0.6 is 11.3 Å². The first kappa shape index (κ1) is 19.9. The number of fused-ring (bicyclic) bond motifs is 1. The molecule has 0 aliphatic rings. The molecule has 3 aromatic heterocycles. The van der Waals surface area contributed by atoms with Crippen molar-refractivity contribution in [2.45, 2.75) is 6.61 Å². The van der Waals surface area contributed by atoms with Crippen LogP contribution in [0.1, 0.15) is 25.8 Å². The van der Waals surface area contributed by atoms with Gasteiger partial charge in [0.25, 0.3) is 5.91 Å². The van der Waals surface area contributed by atoms with E-state index < -0.39 is 11.7 Å². The van der Waals surface area contributed by atoms with E-state index in [4.69, 9.17) is 9.30 Å². The van der Waals surface area contributed by atoms with Gasteiger partial charge in [-0.05, 0) is 30.3 Å². The maximum absolute atomic E-state index is 13.8. The van der Waals surface area contributed by atoms with Crippen LogP contribution < -0.4 is 5.32 Å². The lowest BCUT2D eigenvalue weighted by Crippen LogP contribution is -2.14. The number of aromatic nitrogens is 1. The van der Waals surface area contributed by atoms with Crippen molar-refractivity contribution < 1.29 is 28.2 Å². The fraction of sp³-hybridized carbons (Fsp3) is 0.0952. The van der Waals surface area contributed by atoms with Gasteiger partial charge in [-0.1, -0.05) is 12.1 Å². The molecule has 4 aromatic rings. The number of amides is 1. The van der Waals surface area contributed by atoms with Crippen LogP contribution in [0, 0.1) is 5.82 Å². The van der Waals surface area contributed by atoms with E-state index in [0.29, 0.717) is 23.0 Å². The molecular formula is C21H15FN2O5S. The van der Waals surface area contributed by atoms with E-state index in [0.717, 1.165) is 9.58 Å². The first-order valence-electron chi connectivity index (χ1n) is 8.79. The van der Waals surface area contributed by atoms with E-state index in [1.807, 2.05) is 0 Å². The van der Waals surface area contributed by atoms with Crippen LogP contribution in [0.5, 0.6) is 0 Å². The Bertz CT molecular complexity index is 1220. The molecular weight excluding hydrogens is 411 g/mol. The van der Waals surface area contributed by atoms with Crippen LogP contribution in [0.3, 0.4) is 0 Å². The predicted octanol–water partition coefficient (Wildman–Crippen LogP) is 4.84. The average molecular weight is 426 g/mol. The van der Waals surface area contributed by atoms with Gasteiger partial charge >= 0.3 is 0 Å². The van der Waals surface area contributed by atoms with E-state index in [9.17, 15) is 14.0 Å². The number of aldehydes is 1. The third-order valence-corrected chi connectivity index (χ3v) is 5.39. The Labute approximate surface area is 174 Å². The Balaban J connectivity index is 1.61. The summed E-state index contributed by atoms with van der Waals surface area (Å²) in [6.07, 6.45) is 2.15. The minimum absolute atomic E-state index is 0.0763. The van der Waals surface area contributed by atoms with Gasteiger partial charge in [0, 0.05) is 16.6 Å². The molecule has 0 aliphatic heterocycles. The minimum Gasteiger partial charge on any atom is -0.452 e. The molecule has 0 aliphatic carbocycles. The van der Waals surface area contributed by atoms with Gasteiger partial charge in [0.2, 0.25) is 0 Å². The summed E-state index contributed by atoms with van der Waals surface area (Å²) < 4.78 is 20.2. The molecule has 0 spiro atoms. The Kier molecular flexibility index (Phi) is 5.66. The number of furan rings is 1. The number of nitrogens with zero attached hydrogens (tertiary/aromatic N) is 1. The van der Waals surface area contributed by atoms with Crippen molar-refractivity contribution in [3.63, 3.8) is 0 Å². The molecule has 0 atom stereocenters. The van der Waals surface area contributed by atoms with Gasteiger partial charge in [0.05, 0.1) is 22.9 Å². The molecule has 0 saturated heterocycles. The van der Waals surface area contributed by atoms with E-state index in [1.165, 1.54) is 42.8 Å². The van der Waals surface area contributed by atoms with Crippen molar-refractivity contribution in [3.05, 3.63) is 70.7 Å². The molecule has 0 bridgehead atoms. The topological polar surface area (TPSA) is 90.7 Å². The van der Waals surface area contributed by atoms with Crippen molar-refractivity contribution in [2.24, 2.45) is 0 Å². The molecule has 0 fully saturated rings. The zero-order chi connectivity index (χ0) is 21.1. The highest BCUT2D eigenvalue weighted by Crippen LogP contribution is 2.39. The highest BCUT2D eigenvalue weighted by atomic mass is 32.1. The third kappa shape index (κ3) is 3.86. The van der Waals surface area contributed by atoms with Crippen LogP contribution in [-0.2, 0) is 16.4 Å². The number of benzene rings is 1. The lowest BCUT2D eigenvalue weighted by atomic mass is 10.1. The molecule has 30 heavy (non-hydrogen) atoms. The quantitative estimate of drug-likeness (QED) is 0.258. The summed E-state index contributed by atoms with van der Waals surface area (Å²) in [6, 6.07) is 10.7. The van der Waals surface area contributed by atoms with Crippen LogP contribution in [0.4, 0.5) is 10.2 Å². The number of pyridine rings is 1. The number of anilines is 1. The molecule has 152 valence electrons. The Hall–Kier alpha value is -3.40. The molecule has 3 heterocycles. The summed E-state index contributed by atoms with van der Waals surface area (Å²) in [5.41, 5.74) is 1.73. The van der Waals surface area contributed by atoms with Gasteiger partial charge in [-0.25, -0.2) is 19.1 Å². The third-order valence-electron chi connectivity index (χ3n) is 4.28. The molecule has 0 unspecified atom stereocenters. The van der Waals surface area contributed by atoms with Crippen LogP contribution in [0.15, 0.2) is 53.1 Å². The maximum atomic E-state index is 13.8. The molecule has 0 saturated carbocycles. The number of hydrogen-bond donors (Lipinski definition) is 1. The van der Waals surface area contributed by atoms with Crippen molar-refractivity contribution in [1.82, 2.24) is 4.98 Å². The second-order valence-electron chi connectivity index (χ2n) is 6.16. The van der Waals surface area contributed by atoms with Gasteiger partial charge in [-0.15, -0.1) is 11.3 Å². The summed E-state index contributed by atoms with van der Waals surface area (Å²) in [7, 11) is 1.42. The van der Waals surface area contributed by atoms with E-state index in [1.54, 1.807) is 24.3 Å². The van der Waals surface area contributed by atoms with Gasteiger partial charge in [0.1, 0.15) is 23.8 Å². The normalized spacial score (nSPS) is 11.0. The molecule has 0 radical (unpaired) electrons. The second-order valence-corrected chi connectivity index (χ2v) is 7.30. The van der Waals surface area contributed by atoms with E-state index >= 15 is 0 Å². The number of rotatable bonds is 7.